The van der Waals surface area contributed by atoms with Crippen molar-refractivity contribution in [3.05, 3.63) is 83.5 Å². The highest BCUT2D eigenvalue weighted by atomic mass is 79.9. The number of rotatable bonds is 2. The largest absolute Gasteiger partial charge is 0.233 e. The van der Waals surface area contributed by atoms with Gasteiger partial charge in [-0.25, -0.2) is 4.68 Å². The van der Waals surface area contributed by atoms with E-state index in [-0.39, 0.29) is 0 Å². The van der Waals surface area contributed by atoms with Crippen molar-refractivity contribution in [1.82, 2.24) is 9.78 Å². The van der Waals surface area contributed by atoms with Gasteiger partial charge in [0, 0.05) is 9.86 Å². The van der Waals surface area contributed by atoms with Gasteiger partial charge in [-0.15, -0.1) is 0 Å². The van der Waals surface area contributed by atoms with Crippen LogP contribution in [0.25, 0.3) is 27.7 Å². The Bertz CT molecular complexity index is 942. The molecule has 3 heteroatoms. The van der Waals surface area contributed by atoms with E-state index < -0.39 is 0 Å². The maximum atomic E-state index is 4.54. The number of benzene rings is 3. The quantitative estimate of drug-likeness (QED) is 0.470. The SMILES string of the molecule is Brc1cccc(-n2ncc3cc(-c4ccccc4)ccc32)c1. The van der Waals surface area contributed by atoms with Gasteiger partial charge >= 0.3 is 0 Å². The number of nitrogens with zero attached hydrogens (tertiary/aromatic N) is 2. The predicted octanol–water partition coefficient (Wildman–Crippen LogP) is 5.46. The molecule has 0 aliphatic rings. The summed E-state index contributed by atoms with van der Waals surface area (Å²) in [4.78, 5) is 0. The molecule has 0 aliphatic heterocycles. The molecule has 0 saturated carbocycles. The van der Waals surface area contributed by atoms with Crippen LogP contribution in [0.2, 0.25) is 0 Å². The molecule has 0 spiro atoms. The summed E-state index contributed by atoms with van der Waals surface area (Å²) in [5.74, 6) is 0. The molecule has 2 nitrogen and oxygen atoms in total. The molecule has 4 rings (SSSR count). The van der Waals surface area contributed by atoms with Crippen molar-refractivity contribution in [2.24, 2.45) is 0 Å². The van der Waals surface area contributed by atoms with E-state index in [1.807, 2.05) is 29.1 Å². The third-order valence-corrected chi connectivity index (χ3v) is 4.22. The lowest BCUT2D eigenvalue weighted by atomic mass is 10.0. The maximum absolute atomic E-state index is 4.54. The van der Waals surface area contributed by atoms with E-state index in [1.165, 1.54) is 11.1 Å². The van der Waals surface area contributed by atoms with Crippen molar-refractivity contribution in [2.45, 2.75) is 0 Å². The molecule has 4 aromatic rings. The Balaban J connectivity index is 1.84. The maximum Gasteiger partial charge on any atom is 0.0741 e. The van der Waals surface area contributed by atoms with E-state index in [4.69, 9.17) is 0 Å². The molecule has 0 aliphatic carbocycles. The molecule has 0 amide bonds. The van der Waals surface area contributed by atoms with Crippen LogP contribution in [0.1, 0.15) is 0 Å². The molecule has 3 aromatic carbocycles. The first-order valence-electron chi connectivity index (χ1n) is 7.10. The summed E-state index contributed by atoms with van der Waals surface area (Å²) in [6.07, 6.45) is 1.92. The zero-order valence-corrected chi connectivity index (χ0v) is 13.4. The lowest BCUT2D eigenvalue weighted by Crippen LogP contribution is -1.95. The average molecular weight is 349 g/mol. The number of halogens is 1. The number of aromatic nitrogens is 2. The fourth-order valence-corrected chi connectivity index (χ4v) is 3.04. The van der Waals surface area contributed by atoms with E-state index in [1.54, 1.807) is 0 Å². The monoisotopic (exact) mass is 348 g/mol. The lowest BCUT2D eigenvalue weighted by Gasteiger charge is -2.05. The van der Waals surface area contributed by atoms with Crippen LogP contribution in [-0.2, 0) is 0 Å². The average Bonchev–Trinajstić information content (AvgIpc) is 2.99. The molecule has 0 saturated heterocycles. The first-order chi connectivity index (χ1) is 10.8. The second-order valence-electron chi connectivity index (χ2n) is 5.18. The summed E-state index contributed by atoms with van der Waals surface area (Å²) in [7, 11) is 0. The van der Waals surface area contributed by atoms with Gasteiger partial charge in [-0.1, -0.05) is 58.4 Å². The summed E-state index contributed by atoms with van der Waals surface area (Å²) >= 11 is 3.51. The van der Waals surface area contributed by atoms with Gasteiger partial charge < -0.3 is 0 Å². The van der Waals surface area contributed by atoms with Crippen LogP contribution in [0.15, 0.2) is 83.5 Å². The molecule has 0 fully saturated rings. The highest BCUT2D eigenvalue weighted by Crippen LogP contribution is 2.26. The standard InChI is InChI=1S/C19H13BrN2/c20-17-7-4-8-18(12-17)22-19-10-9-15(11-16(19)13-21-22)14-5-2-1-3-6-14/h1-13H. The number of hydrogen-bond donors (Lipinski definition) is 0. The Morgan fingerprint density at radius 2 is 1.64 bits per heavy atom. The number of hydrogen-bond acceptors (Lipinski definition) is 1. The first-order valence-corrected chi connectivity index (χ1v) is 7.90. The van der Waals surface area contributed by atoms with Gasteiger partial charge in [-0.05, 0) is 41.5 Å². The normalized spacial score (nSPS) is 11.0. The zero-order valence-electron chi connectivity index (χ0n) is 11.8. The third-order valence-electron chi connectivity index (χ3n) is 3.73. The van der Waals surface area contributed by atoms with Crippen LogP contribution >= 0.6 is 15.9 Å². The lowest BCUT2D eigenvalue weighted by molar-refractivity contribution is 0.910. The fourth-order valence-electron chi connectivity index (χ4n) is 2.66. The van der Waals surface area contributed by atoms with Crippen LogP contribution in [0, 0.1) is 0 Å². The van der Waals surface area contributed by atoms with Crippen molar-refractivity contribution in [3.8, 4) is 16.8 Å². The van der Waals surface area contributed by atoms with Crippen molar-refractivity contribution in [2.75, 3.05) is 0 Å². The minimum atomic E-state index is 1.05. The molecule has 22 heavy (non-hydrogen) atoms. The Labute approximate surface area is 137 Å². The molecule has 0 atom stereocenters. The smallest absolute Gasteiger partial charge is 0.0741 e. The summed E-state index contributed by atoms with van der Waals surface area (Å²) in [5.41, 5.74) is 4.59. The van der Waals surface area contributed by atoms with Gasteiger partial charge in [0.05, 0.1) is 17.4 Å². The van der Waals surface area contributed by atoms with Crippen LogP contribution in [-0.4, -0.2) is 9.78 Å². The second-order valence-corrected chi connectivity index (χ2v) is 6.09. The minimum absolute atomic E-state index is 1.05. The molecular weight excluding hydrogens is 336 g/mol. The number of fused-ring (bicyclic) bond motifs is 1. The topological polar surface area (TPSA) is 17.8 Å². The van der Waals surface area contributed by atoms with Gasteiger partial charge in [0.2, 0.25) is 0 Å². The van der Waals surface area contributed by atoms with E-state index in [0.29, 0.717) is 0 Å². The second kappa shape index (κ2) is 5.43. The van der Waals surface area contributed by atoms with Crippen LogP contribution in [0.5, 0.6) is 0 Å². The van der Waals surface area contributed by atoms with Crippen molar-refractivity contribution in [3.63, 3.8) is 0 Å². The fraction of sp³-hybridized carbons (Fsp3) is 0. The predicted molar refractivity (Wildman–Crippen MR) is 94.2 cm³/mol. The summed E-state index contributed by atoms with van der Waals surface area (Å²) < 4.78 is 3.02. The van der Waals surface area contributed by atoms with Crippen LogP contribution in [0.4, 0.5) is 0 Å². The summed E-state index contributed by atoms with van der Waals surface area (Å²) in [6.45, 7) is 0. The molecule has 1 aromatic heterocycles. The highest BCUT2D eigenvalue weighted by Gasteiger charge is 2.07. The molecule has 1 heterocycles. The third kappa shape index (κ3) is 2.34. The molecule has 106 valence electrons. The molecular formula is C19H13BrN2. The van der Waals surface area contributed by atoms with Crippen molar-refractivity contribution in [1.29, 1.82) is 0 Å². The van der Waals surface area contributed by atoms with Gasteiger partial charge in [0.1, 0.15) is 0 Å². The Morgan fingerprint density at radius 1 is 0.773 bits per heavy atom. The van der Waals surface area contributed by atoms with Crippen LogP contribution < -0.4 is 0 Å². The van der Waals surface area contributed by atoms with E-state index >= 15 is 0 Å². The summed E-state index contributed by atoms with van der Waals surface area (Å²) in [6, 6.07) is 25.0. The van der Waals surface area contributed by atoms with E-state index in [0.717, 1.165) is 21.1 Å². The van der Waals surface area contributed by atoms with Crippen molar-refractivity contribution < 1.29 is 0 Å². The Morgan fingerprint density at radius 3 is 2.45 bits per heavy atom. The Kier molecular flexibility index (Phi) is 3.28. The molecule has 0 unspecified atom stereocenters. The van der Waals surface area contributed by atoms with Gasteiger partial charge in [-0.2, -0.15) is 5.10 Å². The minimum Gasteiger partial charge on any atom is -0.233 e. The van der Waals surface area contributed by atoms with Crippen molar-refractivity contribution >= 4 is 26.8 Å². The highest BCUT2D eigenvalue weighted by molar-refractivity contribution is 9.10. The van der Waals surface area contributed by atoms with Crippen LogP contribution in [0.3, 0.4) is 0 Å². The van der Waals surface area contributed by atoms with E-state index in [9.17, 15) is 0 Å². The first kappa shape index (κ1) is 13.3. The molecule has 0 radical (unpaired) electrons. The molecule has 0 bridgehead atoms. The van der Waals surface area contributed by atoms with E-state index in [2.05, 4.69) is 75.6 Å². The van der Waals surface area contributed by atoms with Gasteiger partial charge in [0.15, 0.2) is 0 Å². The van der Waals surface area contributed by atoms with Gasteiger partial charge in [0.25, 0.3) is 0 Å². The van der Waals surface area contributed by atoms with Gasteiger partial charge in [-0.3, -0.25) is 0 Å². The molecule has 0 N–H and O–H groups in total. The Hall–Kier alpha value is -2.39. The zero-order chi connectivity index (χ0) is 14.9. The summed E-state index contributed by atoms with van der Waals surface area (Å²) in [5, 5.41) is 5.68.